The van der Waals surface area contributed by atoms with Gasteiger partial charge in [0.1, 0.15) is 5.82 Å². The fourth-order valence-corrected chi connectivity index (χ4v) is 3.66. The van der Waals surface area contributed by atoms with Gasteiger partial charge in [0.05, 0.1) is 22.7 Å². The van der Waals surface area contributed by atoms with E-state index in [1.165, 1.54) is 23.7 Å². The summed E-state index contributed by atoms with van der Waals surface area (Å²) < 4.78 is 23.7. The lowest BCUT2D eigenvalue weighted by Crippen LogP contribution is -2.36. The highest BCUT2D eigenvalue weighted by molar-refractivity contribution is 5.93. The molecule has 136 valence electrons. The number of benzene rings is 1. The molecule has 0 saturated carbocycles. The second kappa shape index (κ2) is 6.25. The zero-order valence-corrected chi connectivity index (χ0v) is 14.7. The first-order valence-electron chi connectivity index (χ1n) is 8.64. The molecule has 3 heterocycles. The first-order valence-corrected chi connectivity index (χ1v) is 8.64. The largest absolute Gasteiger partial charge is 0.376 e. The molecule has 1 aliphatic heterocycles. The van der Waals surface area contributed by atoms with Gasteiger partial charge < -0.3 is 9.30 Å². The Balaban J connectivity index is 2.02. The number of aryl methyl sites for hydroxylation is 1. The van der Waals surface area contributed by atoms with Crippen LogP contribution in [-0.2, 0) is 25.4 Å². The van der Waals surface area contributed by atoms with Crippen molar-refractivity contribution in [1.82, 2.24) is 13.7 Å². The zero-order chi connectivity index (χ0) is 18.4. The van der Waals surface area contributed by atoms with Crippen molar-refractivity contribution in [3.05, 3.63) is 57.1 Å². The second-order valence-electron chi connectivity index (χ2n) is 6.74. The number of aromatic nitrogens is 3. The summed E-state index contributed by atoms with van der Waals surface area (Å²) in [5, 5.41) is 0.458. The number of hydrogen-bond donors (Lipinski definition) is 0. The molecule has 1 aromatic carbocycles. The topological polar surface area (TPSA) is 58.2 Å². The molecule has 1 atom stereocenters. The first kappa shape index (κ1) is 16.8. The number of nitrogens with zero attached hydrogens (tertiary/aromatic N) is 3. The number of hydrogen-bond acceptors (Lipinski definition) is 3. The number of fused-ring (bicyclic) bond motifs is 1. The summed E-state index contributed by atoms with van der Waals surface area (Å²) in [5.41, 5.74) is 1.26. The van der Waals surface area contributed by atoms with Crippen molar-refractivity contribution in [1.29, 1.82) is 0 Å². The normalized spacial score (nSPS) is 17.3. The molecule has 1 saturated heterocycles. The summed E-state index contributed by atoms with van der Waals surface area (Å²) in [6.45, 7) is 1.32. The molecular formula is C19H20FN3O3. The molecule has 0 radical (unpaired) electrons. The molecule has 0 N–H and O–H groups in total. The van der Waals surface area contributed by atoms with E-state index in [2.05, 4.69) is 0 Å². The summed E-state index contributed by atoms with van der Waals surface area (Å²) in [6, 6.07) is 6.05. The number of halogens is 1. The minimum absolute atomic E-state index is 0.0666. The third-order valence-corrected chi connectivity index (χ3v) is 5.05. The Bertz CT molecular complexity index is 1090. The Labute approximate surface area is 149 Å². The maximum absolute atomic E-state index is 13.4. The third-order valence-electron chi connectivity index (χ3n) is 5.05. The summed E-state index contributed by atoms with van der Waals surface area (Å²) in [4.78, 5) is 25.1. The van der Waals surface area contributed by atoms with Gasteiger partial charge in [-0.3, -0.25) is 13.9 Å². The molecule has 1 fully saturated rings. The predicted octanol–water partition coefficient (Wildman–Crippen LogP) is 2.02. The van der Waals surface area contributed by atoms with Gasteiger partial charge in [-0.1, -0.05) is 0 Å². The SMILES string of the molecule is Cn1c(=O)c2c(-c3ccc(F)cc3)n(CC3CCCO3)cc2n(C)c1=O. The minimum atomic E-state index is -0.373. The Morgan fingerprint density at radius 3 is 2.54 bits per heavy atom. The third kappa shape index (κ3) is 2.59. The van der Waals surface area contributed by atoms with E-state index in [9.17, 15) is 14.0 Å². The summed E-state index contributed by atoms with van der Waals surface area (Å²) in [7, 11) is 3.12. The number of rotatable bonds is 3. The minimum Gasteiger partial charge on any atom is -0.376 e. The van der Waals surface area contributed by atoms with Crippen LogP contribution >= 0.6 is 0 Å². The average Bonchev–Trinajstić information content (AvgIpc) is 3.27. The van der Waals surface area contributed by atoms with Crippen molar-refractivity contribution in [2.24, 2.45) is 14.1 Å². The van der Waals surface area contributed by atoms with E-state index >= 15 is 0 Å². The molecule has 0 bridgehead atoms. The van der Waals surface area contributed by atoms with E-state index in [0.29, 0.717) is 23.1 Å². The number of ether oxygens (including phenoxy) is 1. The van der Waals surface area contributed by atoms with Crippen LogP contribution in [0.3, 0.4) is 0 Å². The van der Waals surface area contributed by atoms with Crippen molar-refractivity contribution in [3.63, 3.8) is 0 Å². The molecule has 1 aliphatic rings. The Morgan fingerprint density at radius 1 is 1.15 bits per heavy atom. The molecule has 4 rings (SSSR count). The van der Waals surface area contributed by atoms with Crippen LogP contribution < -0.4 is 11.2 Å². The van der Waals surface area contributed by atoms with E-state index in [0.717, 1.165) is 29.6 Å². The van der Waals surface area contributed by atoms with Crippen LogP contribution in [0.2, 0.25) is 0 Å². The van der Waals surface area contributed by atoms with Crippen molar-refractivity contribution < 1.29 is 9.13 Å². The average molecular weight is 357 g/mol. The highest BCUT2D eigenvalue weighted by Gasteiger charge is 2.23. The van der Waals surface area contributed by atoms with Crippen molar-refractivity contribution in [3.8, 4) is 11.3 Å². The fraction of sp³-hybridized carbons (Fsp3) is 0.368. The molecule has 26 heavy (non-hydrogen) atoms. The van der Waals surface area contributed by atoms with Crippen LogP contribution in [0, 0.1) is 5.82 Å². The maximum Gasteiger partial charge on any atom is 0.330 e. The lowest BCUT2D eigenvalue weighted by Gasteiger charge is -2.14. The zero-order valence-electron chi connectivity index (χ0n) is 14.7. The van der Waals surface area contributed by atoms with E-state index in [1.54, 1.807) is 19.2 Å². The van der Waals surface area contributed by atoms with Crippen LogP contribution in [0.5, 0.6) is 0 Å². The van der Waals surface area contributed by atoms with E-state index in [-0.39, 0.29) is 23.2 Å². The van der Waals surface area contributed by atoms with Gasteiger partial charge in [0.25, 0.3) is 5.56 Å². The highest BCUT2D eigenvalue weighted by atomic mass is 19.1. The van der Waals surface area contributed by atoms with Crippen LogP contribution in [0.4, 0.5) is 4.39 Å². The Hall–Kier alpha value is -2.67. The molecule has 6 nitrogen and oxygen atoms in total. The molecular weight excluding hydrogens is 337 g/mol. The molecule has 7 heteroatoms. The van der Waals surface area contributed by atoms with Crippen molar-refractivity contribution in [2.75, 3.05) is 6.61 Å². The summed E-state index contributed by atoms with van der Waals surface area (Å²) in [5.74, 6) is -0.337. The van der Waals surface area contributed by atoms with Gasteiger partial charge in [-0.05, 0) is 42.7 Å². The van der Waals surface area contributed by atoms with Gasteiger partial charge >= 0.3 is 5.69 Å². The van der Waals surface area contributed by atoms with E-state index < -0.39 is 0 Å². The summed E-state index contributed by atoms with van der Waals surface area (Å²) in [6.07, 6.45) is 3.85. The van der Waals surface area contributed by atoms with Gasteiger partial charge in [-0.2, -0.15) is 0 Å². The van der Waals surface area contributed by atoms with Crippen LogP contribution in [0.15, 0.2) is 40.1 Å². The molecule has 0 amide bonds. The Kier molecular flexibility index (Phi) is 4.03. The smallest absolute Gasteiger partial charge is 0.330 e. The highest BCUT2D eigenvalue weighted by Crippen LogP contribution is 2.29. The monoisotopic (exact) mass is 357 g/mol. The molecule has 0 aliphatic carbocycles. The van der Waals surface area contributed by atoms with E-state index in [4.69, 9.17) is 4.74 Å². The van der Waals surface area contributed by atoms with Gasteiger partial charge in [-0.15, -0.1) is 0 Å². The molecule has 2 aromatic heterocycles. The lowest BCUT2D eigenvalue weighted by atomic mass is 10.1. The maximum atomic E-state index is 13.4. The summed E-state index contributed by atoms with van der Waals surface area (Å²) >= 11 is 0. The van der Waals surface area contributed by atoms with E-state index in [1.807, 2.05) is 10.8 Å². The van der Waals surface area contributed by atoms with Crippen LogP contribution in [0.1, 0.15) is 12.8 Å². The van der Waals surface area contributed by atoms with Crippen LogP contribution in [-0.4, -0.2) is 26.4 Å². The molecule has 3 aromatic rings. The van der Waals surface area contributed by atoms with Crippen LogP contribution in [0.25, 0.3) is 22.2 Å². The first-order chi connectivity index (χ1) is 12.5. The fourth-order valence-electron chi connectivity index (χ4n) is 3.66. The standard InChI is InChI=1S/C19H20FN3O3/c1-21-15-11-23(10-14-4-3-9-26-14)17(12-5-7-13(20)8-6-12)16(15)18(24)22(2)19(21)25/h5-8,11,14H,3-4,9-10H2,1-2H3. The molecule has 0 spiro atoms. The van der Waals surface area contributed by atoms with Gasteiger partial charge in [0.15, 0.2) is 0 Å². The predicted molar refractivity (Wildman–Crippen MR) is 96.8 cm³/mol. The molecule has 1 unspecified atom stereocenters. The quantitative estimate of drug-likeness (QED) is 0.721. The second-order valence-corrected chi connectivity index (χ2v) is 6.74. The Morgan fingerprint density at radius 2 is 1.88 bits per heavy atom. The van der Waals surface area contributed by atoms with Crippen molar-refractivity contribution in [2.45, 2.75) is 25.5 Å². The lowest BCUT2D eigenvalue weighted by molar-refractivity contribution is 0.0975. The van der Waals surface area contributed by atoms with Gasteiger partial charge in [-0.25, -0.2) is 9.18 Å². The van der Waals surface area contributed by atoms with Crippen molar-refractivity contribution >= 4 is 10.9 Å². The van der Waals surface area contributed by atoms with Gasteiger partial charge in [0.2, 0.25) is 0 Å². The van der Waals surface area contributed by atoms with Gasteiger partial charge in [0, 0.05) is 33.4 Å².